The van der Waals surface area contributed by atoms with E-state index in [9.17, 15) is 0 Å². The Kier molecular flexibility index (Phi) is 1.62. The second kappa shape index (κ2) is 2.77. The fraction of sp³-hybridized carbons (Fsp3) is 0.286. The second-order valence-corrected chi connectivity index (χ2v) is 2.34. The molecule has 0 spiro atoms. The van der Waals surface area contributed by atoms with Crippen LogP contribution >= 0.6 is 0 Å². The van der Waals surface area contributed by atoms with Gasteiger partial charge >= 0.3 is 0 Å². The first-order chi connectivity index (χ1) is 5.90. The van der Waals surface area contributed by atoms with Crippen LogP contribution in [-0.4, -0.2) is 20.3 Å². The normalized spacial score (nSPS) is 10.4. The van der Waals surface area contributed by atoms with Gasteiger partial charge in [0.05, 0.1) is 0 Å². The summed E-state index contributed by atoms with van der Waals surface area (Å²) in [5.74, 6) is 1.44. The van der Waals surface area contributed by atoms with Crippen molar-refractivity contribution in [3.05, 3.63) is 18.2 Å². The van der Waals surface area contributed by atoms with E-state index in [2.05, 4.69) is 24.9 Å². The molecule has 0 aliphatic rings. The fourth-order valence-corrected chi connectivity index (χ4v) is 0.896. The molecule has 0 aromatic carbocycles. The third-order valence-corrected chi connectivity index (χ3v) is 1.53. The third-order valence-electron chi connectivity index (χ3n) is 1.53. The Bertz CT molecular complexity index is 351. The van der Waals surface area contributed by atoms with E-state index in [-0.39, 0.29) is 0 Å². The minimum absolute atomic E-state index is 0.584. The first-order valence-corrected chi connectivity index (χ1v) is 3.72. The van der Waals surface area contributed by atoms with E-state index in [4.69, 9.17) is 0 Å². The molecule has 0 fully saturated rings. The van der Waals surface area contributed by atoms with Crippen LogP contribution in [0, 0.1) is 0 Å². The molecule has 0 bridgehead atoms. The second-order valence-electron chi connectivity index (χ2n) is 2.34. The summed E-state index contributed by atoms with van der Waals surface area (Å²) in [5, 5.41) is 10.5. The van der Waals surface area contributed by atoms with E-state index in [1.807, 2.05) is 6.92 Å². The van der Waals surface area contributed by atoms with Crippen LogP contribution in [0.3, 0.4) is 0 Å². The number of aryl methyl sites for hydroxylation is 1. The van der Waals surface area contributed by atoms with Crippen molar-refractivity contribution >= 4 is 0 Å². The largest absolute Gasteiger partial charge is 0.364 e. The molecule has 0 unspecified atom stereocenters. The molecular formula is C7H8N4O. The SMILES string of the molecule is CCc1nc(-c2ccon2)n[nH]1. The van der Waals surface area contributed by atoms with Crippen molar-refractivity contribution in [2.75, 3.05) is 0 Å². The molecule has 12 heavy (non-hydrogen) atoms. The summed E-state index contributed by atoms with van der Waals surface area (Å²) < 4.78 is 4.67. The van der Waals surface area contributed by atoms with Gasteiger partial charge in [-0.3, -0.25) is 5.10 Å². The van der Waals surface area contributed by atoms with Crippen molar-refractivity contribution in [3.8, 4) is 11.5 Å². The average Bonchev–Trinajstić information content (AvgIpc) is 2.75. The van der Waals surface area contributed by atoms with Crippen LogP contribution < -0.4 is 0 Å². The predicted molar refractivity (Wildman–Crippen MR) is 41.3 cm³/mol. The van der Waals surface area contributed by atoms with Crippen molar-refractivity contribution in [1.82, 2.24) is 20.3 Å². The van der Waals surface area contributed by atoms with E-state index < -0.39 is 0 Å². The fourth-order valence-electron chi connectivity index (χ4n) is 0.896. The highest BCUT2D eigenvalue weighted by molar-refractivity contribution is 5.46. The lowest BCUT2D eigenvalue weighted by Crippen LogP contribution is -1.81. The van der Waals surface area contributed by atoms with Crippen LogP contribution in [0.2, 0.25) is 0 Å². The van der Waals surface area contributed by atoms with Crippen molar-refractivity contribution in [2.24, 2.45) is 0 Å². The molecule has 0 aliphatic heterocycles. The number of nitrogens with zero attached hydrogens (tertiary/aromatic N) is 3. The van der Waals surface area contributed by atoms with E-state index in [0.717, 1.165) is 12.2 Å². The van der Waals surface area contributed by atoms with E-state index in [1.165, 1.54) is 6.26 Å². The van der Waals surface area contributed by atoms with Gasteiger partial charge in [-0.1, -0.05) is 12.1 Å². The Morgan fingerprint density at radius 3 is 3.08 bits per heavy atom. The number of H-pyrrole nitrogens is 1. The van der Waals surface area contributed by atoms with Crippen LogP contribution in [0.5, 0.6) is 0 Å². The maximum absolute atomic E-state index is 4.67. The lowest BCUT2D eigenvalue weighted by Gasteiger charge is -1.81. The summed E-state index contributed by atoms with van der Waals surface area (Å²) in [5.41, 5.74) is 0.658. The molecule has 0 saturated carbocycles. The van der Waals surface area contributed by atoms with Crippen LogP contribution in [0.25, 0.3) is 11.5 Å². The van der Waals surface area contributed by atoms with Crippen molar-refractivity contribution in [1.29, 1.82) is 0 Å². The Balaban J connectivity index is 2.35. The smallest absolute Gasteiger partial charge is 0.203 e. The number of rotatable bonds is 2. The highest BCUT2D eigenvalue weighted by Gasteiger charge is 2.06. The quantitative estimate of drug-likeness (QED) is 0.719. The minimum atomic E-state index is 0.584. The zero-order valence-electron chi connectivity index (χ0n) is 6.61. The first kappa shape index (κ1) is 7.02. The molecule has 62 valence electrons. The summed E-state index contributed by atoms with van der Waals surface area (Å²) >= 11 is 0. The number of aromatic amines is 1. The van der Waals surface area contributed by atoms with Gasteiger partial charge in [-0.15, -0.1) is 0 Å². The standard InChI is InChI=1S/C7H8N4O/c1-2-6-8-7(10-9-6)5-3-4-12-11-5/h3-4H,2H2,1H3,(H,8,9,10). The molecule has 2 rings (SSSR count). The molecule has 2 aromatic heterocycles. The van der Waals surface area contributed by atoms with Crippen LogP contribution in [0.4, 0.5) is 0 Å². The summed E-state index contributed by atoms with van der Waals surface area (Å²) in [6, 6.07) is 1.72. The van der Waals surface area contributed by atoms with Crippen molar-refractivity contribution in [2.45, 2.75) is 13.3 Å². The minimum Gasteiger partial charge on any atom is -0.364 e. The zero-order valence-corrected chi connectivity index (χ0v) is 6.61. The molecule has 0 atom stereocenters. The van der Waals surface area contributed by atoms with E-state index in [0.29, 0.717) is 11.5 Å². The molecule has 5 heteroatoms. The molecule has 0 aliphatic carbocycles. The van der Waals surface area contributed by atoms with E-state index >= 15 is 0 Å². The summed E-state index contributed by atoms with van der Waals surface area (Å²) in [6.45, 7) is 2.01. The number of nitrogens with one attached hydrogen (secondary N) is 1. The van der Waals surface area contributed by atoms with Crippen LogP contribution in [0.1, 0.15) is 12.7 Å². The summed E-state index contributed by atoms with van der Waals surface area (Å²) in [7, 11) is 0. The van der Waals surface area contributed by atoms with Gasteiger partial charge in [0, 0.05) is 12.5 Å². The summed E-state index contributed by atoms with van der Waals surface area (Å²) in [6.07, 6.45) is 2.34. The number of aromatic nitrogens is 4. The number of hydrogen-bond donors (Lipinski definition) is 1. The Morgan fingerprint density at radius 2 is 2.50 bits per heavy atom. The first-order valence-electron chi connectivity index (χ1n) is 3.72. The van der Waals surface area contributed by atoms with Gasteiger partial charge in [-0.05, 0) is 0 Å². The summed E-state index contributed by atoms with van der Waals surface area (Å²) in [4.78, 5) is 4.18. The van der Waals surface area contributed by atoms with Gasteiger partial charge < -0.3 is 4.52 Å². The lowest BCUT2D eigenvalue weighted by molar-refractivity contribution is 0.422. The molecule has 5 nitrogen and oxygen atoms in total. The molecule has 0 radical (unpaired) electrons. The molecular weight excluding hydrogens is 156 g/mol. The Morgan fingerprint density at radius 1 is 1.58 bits per heavy atom. The maximum Gasteiger partial charge on any atom is 0.203 e. The Hall–Kier alpha value is -1.65. The van der Waals surface area contributed by atoms with Gasteiger partial charge in [-0.25, -0.2) is 4.98 Å². The van der Waals surface area contributed by atoms with Gasteiger partial charge in [-0.2, -0.15) is 5.10 Å². The monoisotopic (exact) mass is 164 g/mol. The van der Waals surface area contributed by atoms with Crippen molar-refractivity contribution < 1.29 is 4.52 Å². The third kappa shape index (κ3) is 1.09. The maximum atomic E-state index is 4.67. The van der Waals surface area contributed by atoms with Gasteiger partial charge in [0.2, 0.25) is 5.82 Å². The van der Waals surface area contributed by atoms with Gasteiger partial charge in [0.25, 0.3) is 0 Å². The van der Waals surface area contributed by atoms with Crippen LogP contribution in [0.15, 0.2) is 16.9 Å². The molecule has 0 amide bonds. The van der Waals surface area contributed by atoms with Gasteiger partial charge in [0.15, 0.2) is 5.69 Å². The van der Waals surface area contributed by atoms with Gasteiger partial charge in [0.1, 0.15) is 12.1 Å². The molecule has 0 saturated heterocycles. The van der Waals surface area contributed by atoms with E-state index in [1.54, 1.807) is 6.07 Å². The highest BCUT2D eigenvalue weighted by atomic mass is 16.5. The van der Waals surface area contributed by atoms with Crippen molar-refractivity contribution in [3.63, 3.8) is 0 Å². The lowest BCUT2D eigenvalue weighted by atomic mass is 10.4. The Labute approximate surface area is 68.8 Å². The zero-order chi connectivity index (χ0) is 8.39. The average molecular weight is 164 g/mol. The highest BCUT2D eigenvalue weighted by Crippen LogP contribution is 2.10. The number of hydrogen-bond acceptors (Lipinski definition) is 4. The molecule has 1 N–H and O–H groups in total. The topological polar surface area (TPSA) is 67.6 Å². The predicted octanol–water partition coefficient (Wildman–Crippen LogP) is 1.02. The van der Waals surface area contributed by atoms with Crippen LogP contribution in [-0.2, 0) is 6.42 Å². The molecule has 2 aromatic rings. The molecule has 2 heterocycles.